The first-order valence-electron chi connectivity index (χ1n) is 3.74. The number of fused-ring (bicyclic) bond motifs is 1. The van der Waals surface area contributed by atoms with Gasteiger partial charge in [-0.1, -0.05) is 0 Å². The topological polar surface area (TPSA) is 0 Å². The van der Waals surface area contributed by atoms with Gasteiger partial charge in [-0.2, -0.15) is 0 Å². The van der Waals surface area contributed by atoms with Gasteiger partial charge in [0, 0.05) is 15.6 Å². The second kappa shape index (κ2) is 3.55. The maximum Gasteiger partial charge on any atom is 0.264 e. The first-order valence-corrected chi connectivity index (χ1v) is 5.35. The Balaban J connectivity index is 2.71. The Morgan fingerprint density at radius 1 is 1.21 bits per heavy atom. The Hall–Kier alpha value is -0.550. The third-order valence-corrected chi connectivity index (χ3v) is 3.42. The summed E-state index contributed by atoms with van der Waals surface area (Å²) in [5, 5.41) is 0.381. The van der Waals surface area contributed by atoms with Crippen LogP contribution in [0.1, 0.15) is 12.0 Å². The minimum absolute atomic E-state index is 0.274. The van der Waals surface area contributed by atoms with Crippen molar-refractivity contribution in [1.29, 1.82) is 0 Å². The second-order valence-electron chi connectivity index (χ2n) is 2.77. The predicted octanol–water partition coefficient (Wildman–Crippen LogP) is 4.74. The predicted molar refractivity (Wildman–Crippen MR) is 54.4 cm³/mol. The summed E-state index contributed by atoms with van der Waals surface area (Å²) < 4.78 is 39.2. The van der Waals surface area contributed by atoms with Gasteiger partial charge in [-0.15, -0.1) is 11.3 Å². The van der Waals surface area contributed by atoms with Crippen LogP contribution in [0.4, 0.5) is 13.2 Å². The van der Waals surface area contributed by atoms with E-state index in [0.717, 1.165) is 9.85 Å². The van der Waals surface area contributed by atoms with Crippen molar-refractivity contribution in [2.45, 2.75) is 6.43 Å². The smallest absolute Gasteiger partial charge is 0.206 e. The minimum atomic E-state index is -2.63. The van der Waals surface area contributed by atoms with Crippen LogP contribution in [0.3, 0.4) is 0 Å². The van der Waals surface area contributed by atoms with Crippen molar-refractivity contribution in [3.8, 4) is 0 Å². The molecule has 0 amide bonds. The van der Waals surface area contributed by atoms with E-state index in [-0.39, 0.29) is 5.56 Å². The van der Waals surface area contributed by atoms with Crippen LogP contribution in [0.15, 0.2) is 22.0 Å². The number of halogens is 4. The highest BCUT2D eigenvalue weighted by Gasteiger charge is 2.12. The molecule has 0 saturated carbocycles. The molecule has 5 heteroatoms. The molecule has 0 bridgehead atoms. The Labute approximate surface area is 90.5 Å². The van der Waals surface area contributed by atoms with Gasteiger partial charge in [-0.25, -0.2) is 13.2 Å². The molecule has 0 radical (unpaired) electrons. The highest BCUT2D eigenvalue weighted by Crippen LogP contribution is 2.34. The zero-order chi connectivity index (χ0) is 10.3. The van der Waals surface area contributed by atoms with Crippen LogP contribution in [0.25, 0.3) is 10.1 Å². The maximum absolute atomic E-state index is 13.3. The fraction of sp³-hybridized carbons (Fsp3) is 0.111. The standard InChI is InChI=1S/C9H4BrF3S/c10-8-3-5-6(11)1-4(9(12)13)2-7(5)14-8/h1-3,9H. The molecule has 74 valence electrons. The van der Waals surface area contributed by atoms with Gasteiger partial charge in [-0.3, -0.25) is 0 Å². The fourth-order valence-corrected chi connectivity index (χ4v) is 2.81. The SMILES string of the molecule is Fc1cc(C(F)F)cc2sc(Br)cc12. The average Bonchev–Trinajstić information content (AvgIpc) is 2.45. The third-order valence-electron chi connectivity index (χ3n) is 1.83. The van der Waals surface area contributed by atoms with Crippen LogP contribution in [-0.4, -0.2) is 0 Å². The molecule has 0 unspecified atom stereocenters. The van der Waals surface area contributed by atoms with Gasteiger partial charge in [0.25, 0.3) is 6.43 Å². The molecule has 0 N–H and O–H groups in total. The van der Waals surface area contributed by atoms with E-state index in [0.29, 0.717) is 10.1 Å². The van der Waals surface area contributed by atoms with Crippen molar-refractivity contribution >= 4 is 37.4 Å². The van der Waals surface area contributed by atoms with E-state index in [1.54, 1.807) is 6.07 Å². The van der Waals surface area contributed by atoms with Crippen LogP contribution in [-0.2, 0) is 0 Å². The van der Waals surface area contributed by atoms with E-state index in [4.69, 9.17) is 0 Å². The Kier molecular flexibility index (Phi) is 2.53. The monoisotopic (exact) mass is 280 g/mol. The summed E-state index contributed by atoms with van der Waals surface area (Å²) in [5.74, 6) is -0.597. The van der Waals surface area contributed by atoms with Crippen molar-refractivity contribution in [2.75, 3.05) is 0 Å². The summed E-state index contributed by atoms with van der Waals surface area (Å²) in [6.07, 6.45) is -2.63. The largest absolute Gasteiger partial charge is 0.264 e. The molecule has 1 aromatic heterocycles. The van der Waals surface area contributed by atoms with Gasteiger partial charge in [0.1, 0.15) is 5.82 Å². The van der Waals surface area contributed by atoms with Crippen LogP contribution in [0, 0.1) is 5.82 Å². The van der Waals surface area contributed by atoms with Crippen LogP contribution in [0.2, 0.25) is 0 Å². The highest BCUT2D eigenvalue weighted by molar-refractivity contribution is 9.11. The van der Waals surface area contributed by atoms with Crippen molar-refractivity contribution < 1.29 is 13.2 Å². The van der Waals surface area contributed by atoms with Gasteiger partial charge in [0.05, 0.1) is 3.79 Å². The van der Waals surface area contributed by atoms with Crippen LogP contribution >= 0.6 is 27.3 Å². The molecule has 0 fully saturated rings. The number of benzene rings is 1. The molecule has 0 atom stereocenters. The first-order chi connectivity index (χ1) is 6.58. The minimum Gasteiger partial charge on any atom is -0.206 e. The van der Waals surface area contributed by atoms with Crippen molar-refractivity contribution in [2.24, 2.45) is 0 Å². The average molecular weight is 281 g/mol. The van der Waals surface area contributed by atoms with Crippen LogP contribution < -0.4 is 0 Å². The molecule has 0 aliphatic carbocycles. The molecule has 0 aliphatic heterocycles. The fourth-order valence-electron chi connectivity index (χ4n) is 1.21. The summed E-state index contributed by atoms with van der Waals surface area (Å²) in [6.45, 7) is 0. The van der Waals surface area contributed by atoms with E-state index in [9.17, 15) is 13.2 Å². The van der Waals surface area contributed by atoms with E-state index < -0.39 is 12.2 Å². The Morgan fingerprint density at radius 2 is 1.93 bits per heavy atom. The van der Waals surface area contributed by atoms with Gasteiger partial charge in [-0.05, 0) is 34.1 Å². The summed E-state index contributed by atoms with van der Waals surface area (Å²) in [7, 11) is 0. The summed E-state index contributed by atoms with van der Waals surface area (Å²) in [4.78, 5) is 0. The number of alkyl halides is 2. The molecule has 0 spiro atoms. The Morgan fingerprint density at radius 3 is 2.57 bits per heavy atom. The number of hydrogen-bond donors (Lipinski definition) is 0. The third kappa shape index (κ3) is 1.66. The molecular formula is C9H4BrF3S. The zero-order valence-electron chi connectivity index (χ0n) is 6.73. The van der Waals surface area contributed by atoms with Crippen molar-refractivity contribution in [1.82, 2.24) is 0 Å². The number of rotatable bonds is 1. The summed E-state index contributed by atoms with van der Waals surface area (Å²) in [6, 6.07) is 3.79. The summed E-state index contributed by atoms with van der Waals surface area (Å²) in [5.41, 5.74) is -0.274. The highest BCUT2D eigenvalue weighted by atomic mass is 79.9. The lowest BCUT2D eigenvalue weighted by Crippen LogP contribution is -1.85. The molecule has 0 saturated heterocycles. The lowest BCUT2D eigenvalue weighted by atomic mass is 10.2. The normalized spacial score (nSPS) is 11.5. The van der Waals surface area contributed by atoms with Gasteiger partial charge < -0.3 is 0 Å². The van der Waals surface area contributed by atoms with Gasteiger partial charge in [0.2, 0.25) is 0 Å². The Bertz CT molecular complexity index is 478. The van der Waals surface area contributed by atoms with Crippen LogP contribution in [0.5, 0.6) is 0 Å². The molecule has 2 aromatic rings. The summed E-state index contributed by atoms with van der Waals surface area (Å²) >= 11 is 4.43. The van der Waals surface area contributed by atoms with E-state index >= 15 is 0 Å². The van der Waals surface area contributed by atoms with E-state index in [2.05, 4.69) is 15.9 Å². The maximum atomic E-state index is 13.3. The second-order valence-corrected chi connectivity index (χ2v) is 5.23. The molecular weight excluding hydrogens is 277 g/mol. The van der Waals surface area contributed by atoms with E-state index in [1.807, 2.05) is 0 Å². The number of thiophene rings is 1. The molecule has 0 nitrogen and oxygen atoms in total. The van der Waals surface area contributed by atoms with Gasteiger partial charge in [0.15, 0.2) is 0 Å². The van der Waals surface area contributed by atoms with Crippen molar-refractivity contribution in [3.63, 3.8) is 0 Å². The molecule has 1 aromatic carbocycles. The lowest BCUT2D eigenvalue weighted by Gasteiger charge is -1.99. The van der Waals surface area contributed by atoms with Crippen molar-refractivity contribution in [3.05, 3.63) is 33.4 Å². The molecule has 1 heterocycles. The molecule has 14 heavy (non-hydrogen) atoms. The molecule has 0 aliphatic rings. The first kappa shape index (κ1) is 9.98. The van der Waals surface area contributed by atoms with Gasteiger partial charge >= 0.3 is 0 Å². The van der Waals surface area contributed by atoms with E-state index in [1.165, 1.54) is 17.4 Å². The zero-order valence-corrected chi connectivity index (χ0v) is 9.13. The molecule has 2 rings (SSSR count). The number of hydrogen-bond acceptors (Lipinski definition) is 1. The quantitative estimate of drug-likeness (QED) is 0.708. The lowest BCUT2D eigenvalue weighted by molar-refractivity contribution is 0.151.